The Kier molecular flexibility index (Phi) is 4.74. The quantitative estimate of drug-likeness (QED) is 0.585. The summed E-state index contributed by atoms with van der Waals surface area (Å²) in [5, 5.41) is 2.73. The smallest absolute Gasteiger partial charge is 0.221 e. The third-order valence-corrected chi connectivity index (χ3v) is 1.78. The lowest BCUT2D eigenvalue weighted by molar-refractivity contribution is -0.123. The lowest BCUT2D eigenvalue weighted by Gasteiger charge is -2.22. The van der Waals surface area contributed by atoms with Gasteiger partial charge in [0, 0.05) is 19.5 Å². The zero-order valence-electron chi connectivity index (χ0n) is 7.62. The molecule has 5 heteroatoms. The molecule has 1 aliphatic rings. The Bertz CT molecular complexity index is 157. The van der Waals surface area contributed by atoms with Gasteiger partial charge in [0.25, 0.3) is 0 Å². The highest BCUT2D eigenvalue weighted by Gasteiger charge is 2.14. The van der Waals surface area contributed by atoms with E-state index in [9.17, 15) is 4.79 Å². The Morgan fingerprint density at radius 2 is 2.38 bits per heavy atom. The summed E-state index contributed by atoms with van der Waals surface area (Å²) in [5.41, 5.74) is 5.22. The van der Waals surface area contributed by atoms with E-state index in [4.69, 9.17) is 15.2 Å². The minimum Gasteiger partial charge on any atom is -0.376 e. The van der Waals surface area contributed by atoms with Crippen molar-refractivity contribution in [3.63, 3.8) is 0 Å². The van der Waals surface area contributed by atoms with E-state index in [0.717, 1.165) is 0 Å². The average molecular weight is 188 g/mol. The number of nitrogens with two attached hydrogens (primary N) is 1. The SMILES string of the molecule is NCCC(=O)NCC1COCCO1. The van der Waals surface area contributed by atoms with Gasteiger partial charge in [0.2, 0.25) is 5.91 Å². The van der Waals surface area contributed by atoms with Crippen LogP contribution in [0, 0.1) is 0 Å². The fourth-order valence-corrected chi connectivity index (χ4v) is 1.10. The van der Waals surface area contributed by atoms with Crippen LogP contribution in [0.3, 0.4) is 0 Å². The molecule has 1 atom stereocenters. The molecule has 13 heavy (non-hydrogen) atoms. The van der Waals surface area contributed by atoms with Crippen molar-refractivity contribution < 1.29 is 14.3 Å². The van der Waals surface area contributed by atoms with Crippen LogP contribution in [-0.4, -0.2) is 44.9 Å². The van der Waals surface area contributed by atoms with E-state index in [0.29, 0.717) is 39.3 Å². The first-order valence-electron chi connectivity index (χ1n) is 4.49. The van der Waals surface area contributed by atoms with Crippen molar-refractivity contribution in [2.24, 2.45) is 5.73 Å². The molecule has 1 heterocycles. The van der Waals surface area contributed by atoms with Gasteiger partial charge < -0.3 is 20.5 Å². The van der Waals surface area contributed by atoms with Gasteiger partial charge in [-0.1, -0.05) is 0 Å². The first-order valence-corrected chi connectivity index (χ1v) is 4.49. The van der Waals surface area contributed by atoms with Gasteiger partial charge in [-0.05, 0) is 0 Å². The number of carbonyl (C=O) groups is 1. The molecule has 1 rings (SSSR count). The summed E-state index contributed by atoms with van der Waals surface area (Å²) >= 11 is 0. The lowest BCUT2D eigenvalue weighted by Crippen LogP contribution is -2.40. The monoisotopic (exact) mass is 188 g/mol. The minimum atomic E-state index is -0.0309. The maximum Gasteiger partial charge on any atom is 0.221 e. The third-order valence-electron chi connectivity index (χ3n) is 1.78. The summed E-state index contributed by atoms with van der Waals surface area (Å²) < 4.78 is 10.5. The van der Waals surface area contributed by atoms with Gasteiger partial charge in [-0.15, -0.1) is 0 Å². The van der Waals surface area contributed by atoms with Gasteiger partial charge in [-0.3, -0.25) is 4.79 Å². The molecule has 1 unspecified atom stereocenters. The summed E-state index contributed by atoms with van der Waals surface area (Å²) in [6.45, 7) is 2.71. The molecule has 76 valence electrons. The molecule has 0 spiro atoms. The van der Waals surface area contributed by atoms with Crippen LogP contribution in [-0.2, 0) is 14.3 Å². The van der Waals surface area contributed by atoms with Gasteiger partial charge in [0.1, 0.15) is 0 Å². The molecule has 1 aliphatic heterocycles. The van der Waals surface area contributed by atoms with Crippen molar-refractivity contribution >= 4 is 5.91 Å². The molecule has 0 aromatic carbocycles. The second-order valence-corrected chi connectivity index (χ2v) is 2.91. The fourth-order valence-electron chi connectivity index (χ4n) is 1.10. The maximum atomic E-state index is 11.0. The van der Waals surface area contributed by atoms with E-state index in [1.165, 1.54) is 0 Å². The maximum absolute atomic E-state index is 11.0. The highest BCUT2D eigenvalue weighted by atomic mass is 16.6. The molecule has 0 aliphatic carbocycles. The highest BCUT2D eigenvalue weighted by molar-refractivity contribution is 5.76. The lowest BCUT2D eigenvalue weighted by atomic mass is 10.3. The van der Waals surface area contributed by atoms with Crippen molar-refractivity contribution in [3.8, 4) is 0 Å². The van der Waals surface area contributed by atoms with E-state index < -0.39 is 0 Å². The average Bonchev–Trinajstić information content (AvgIpc) is 2.17. The number of ether oxygens (including phenoxy) is 2. The molecule has 0 aromatic heterocycles. The molecule has 0 aromatic rings. The van der Waals surface area contributed by atoms with Crippen molar-refractivity contribution in [3.05, 3.63) is 0 Å². The van der Waals surface area contributed by atoms with E-state index in [2.05, 4.69) is 5.32 Å². The summed E-state index contributed by atoms with van der Waals surface area (Å²) in [6.07, 6.45) is 0.364. The predicted octanol–water partition coefficient (Wildman–Crippen LogP) is -1.13. The van der Waals surface area contributed by atoms with Crippen LogP contribution in [0.15, 0.2) is 0 Å². The molecular weight excluding hydrogens is 172 g/mol. The van der Waals surface area contributed by atoms with Gasteiger partial charge >= 0.3 is 0 Å². The van der Waals surface area contributed by atoms with E-state index in [-0.39, 0.29) is 12.0 Å². The van der Waals surface area contributed by atoms with Crippen LogP contribution in [0.5, 0.6) is 0 Å². The van der Waals surface area contributed by atoms with Crippen LogP contribution in [0.2, 0.25) is 0 Å². The van der Waals surface area contributed by atoms with Crippen molar-refractivity contribution in [1.82, 2.24) is 5.32 Å². The third kappa shape index (κ3) is 4.21. The summed E-state index contributed by atoms with van der Waals surface area (Å²) in [4.78, 5) is 11.0. The highest BCUT2D eigenvalue weighted by Crippen LogP contribution is 1.98. The number of amides is 1. The van der Waals surface area contributed by atoms with Gasteiger partial charge in [0.15, 0.2) is 0 Å². The van der Waals surface area contributed by atoms with Gasteiger partial charge in [-0.2, -0.15) is 0 Å². The molecule has 1 saturated heterocycles. The Morgan fingerprint density at radius 3 is 3.00 bits per heavy atom. The molecule has 0 radical (unpaired) electrons. The topological polar surface area (TPSA) is 73.6 Å². The molecule has 0 bridgehead atoms. The number of hydrogen-bond donors (Lipinski definition) is 2. The first-order chi connectivity index (χ1) is 6.33. The molecule has 1 amide bonds. The number of nitrogens with one attached hydrogen (secondary N) is 1. The molecular formula is C8H16N2O3. The summed E-state index contributed by atoms with van der Waals surface area (Å²) in [6, 6.07) is 0. The Balaban J connectivity index is 2.06. The molecule has 3 N–H and O–H groups in total. The van der Waals surface area contributed by atoms with Crippen molar-refractivity contribution in [2.45, 2.75) is 12.5 Å². The van der Waals surface area contributed by atoms with E-state index in [1.807, 2.05) is 0 Å². The largest absolute Gasteiger partial charge is 0.376 e. The normalized spacial score (nSPS) is 22.7. The summed E-state index contributed by atoms with van der Waals surface area (Å²) in [7, 11) is 0. The van der Waals surface area contributed by atoms with Crippen LogP contribution in [0.25, 0.3) is 0 Å². The standard InChI is InChI=1S/C8H16N2O3/c9-2-1-8(11)10-5-7-6-12-3-4-13-7/h7H,1-6,9H2,(H,10,11). The van der Waals surface area contributed by atoms with Crippen molar-refractivity contribution in [1.29, 1.82) is 0 Å². The molecule has 0 saturated carbocycles. The van der Waals surface area contributed by atoms with Crippen molar-refractivity contribution in [2.75, 3.05) is 32.9 Å². The number of rotatable bonds is 4. The van der Waals surface area contributed by atoms with Gasteiger partial charge in [0.05, 0.1) is 25.9 Å². The Hall–Kier alpha value is -0.650. The summed E-state index contributed by atoms with van der Waals surface area (Å²) in [5.74, 6) is -0.0309. The van der Waals surface area contributed by atoms with E-state index >= 15 is 0 Å². The van der Waals surface area contributed by atoms with Crippen LogP contribution in [0.4, 0.5) is 0 Å². The zero-order valence-corrected chi connectivity index (χ0v) is 7.62. The Labute approximate surface area is 77.6 Å². The predicted molar refractivity (Wildman–Crippen MR) is 47.2 cm³/mol. The fraction of sp³-hybridized carbons (Fsp3) is 0.875. The molecule has 1 fully saturated rings. The minimum absolute atomic E-state index is 0.00419. The molecule has 5 nitrogen and oxygen atoms in total. The van der Waals surface area contributed by atoms with Gasteiger partial charge in [-0.25, -0.2) is 0 Å². The second-order valence-electron chi connectivity index (χ2n) is 2.91. The van der Waals surface area contributed by atoms with Crippen LogP contribution in [0.1, 0.15) is 6.42 Å². The Morgan fingerprint density at radius 1 is 1.54 bits per heavy atom. The second kappa shape index (κ2) is 5.90. The zero-order chi connectivity index (χ0) is 9.52. The van der Waals surface area contributed by atoms with Crippen LogP contribution < -0.4 is 11.1 Å². The number of hydrogen-bond acceptors (Lipinski definition) is 4. The first kappa shape index (κ1) is 10.4. The van der Waals surface area contributed by atoms with E-state index in [1.54, 1.807) is 0 Å². The van der Waals surface area contributed by atoms with Crippen LogP contribution >= 0.6 is 0 Å². The number of carbonyl (C=O) groups excluding carboxylic acids is 1.